The topological polar surface area (TPSA) is 113 Å². The molecule has 0 spiro atoms. The van der Waals surface area contributed by atoms with E-state index < -0.39 is 17.5 Å². The number of amides is 3. The van der Waals surface area contributed by atoms with Gasteiger partial charge in [-0.15, -0.1) is 0 Å². The highest BCUT2D eigenvalue weighted by Gasteiger charge is 2.36. The quantitative estimate of drug-likeness (QED) is 0.273. The van der Waals surface area contributed by atoms with Crippen molar-refractivity contribution >= 4 is 17.7 Å². The van der Waals surface area contributed by atoms with E-state index in [4.69, 9.17) is 5.73 Å². The summed E-state index contributed by atoms with van der Waals surface area (Å²) in [7, 11) is 0. The lowest BCUT2D eigenvalue weighted by Crippen LogP contribution is -2.59. The molecule has 0 aromatic carbocycles. The van der Waals surface area contributed by atoms with E-state index in [-0.39, 0.29) is 29.2 Å². The minimum absolute atomic E-state index is 0.0380. The van der Waals surface area contributed by atoms with Gasteiger partial charge in [-0.3, -0.25) is 9.59 Å². The molecule has 0 aliphatic heterocycles. The van der Waals surface area contributed by atoms with Crippen molar-refractivity contribution in [1.82, 2.24) is 16.0 Å². The second-order valence-electron chi connectivity index (χ2n) is 10.0. The molecule has 7 heteroatoms. The molecule has 5 N–H and O–H groups in total. The molecule has 0 saturated heterocycles. The molecule has 3 atom stereocenters. The Labute approximate surface area is 190 Å². The SMILES string of the molecule is CCCC(C)(CC)NC(C(=O)NC(CCCNC(N)=O)C(=O)C(C)(C)CCC)C(C)C. The molecule has 0 bridgehead atoms. The Morgan fingerprint density at radius 1 is 0.968 bits per heavy atom. The van der Waals surface area contributed by atoms with E-state index in [9.17, 15) is 14.4 Å². The second-order valence-corrected chi connectivity index (χ2v) is 10.0. The van der Waals surface area contributed by atoms with E-state index in [1.54, 1.807) is 0 Å². The maximum atomic E-state index is 13.3. The number of nitrogens with two attached hydrogens (primary N) is 1. The maximum Gasteiger partial charge on any atom is 0.312 e. The third kappa shape index (κ3) is 10.5. The van der Waals surface area contributed by atoms with Crippen LogP contribution in [0.4, 0.5) is 4.79 Å². The number of Topliss-reactive ketones (excluding diaryl/α,β-unsaturated/α-hetero) is 1. The van der Waals surface area contributed by atoms with E-state index in [1.807, 2.05) is 27.7 Å². The lowest BCUT2D eigenvalue weighted by atomic mass is 9.79. The van der Waals surface area contributed by atoms with E-state index in [2.05, 4.69) is 43.6 Å². The number of hydrogen-bond donors (Lipinski definition) is 4. The smallest absolute Gasteiger partial charge is 0.312 e. The highest BCUT2D eigenvalue weighted by molar-refractivity contribution is 5.94. The third-order valence-corrected chi connectivity index (χ3v) is 6.18. The molecule has 0 aliphatic carbocycles. The summed E-state index contributed by atoms with van der Waals surface area (Å²) in [4.78, 5) is 37.6. The average molecular weight is 441 g/mol. The van der Waals surface area contributed by atoms with Crippen molar-refractivity contribution < 1.29 is 14.4 Å². The first kappa shape index (κ1) is 29.4. The molecular weight excluding hydrogens is 392 g/mol. The van der Waals surface area contributed by atoms with Crippen molar-refractivity contribution in [3.63, 3.8) is 0 Å². The largest absolute Gasteiger partial charge is 0.352 e. The van der Waals surface area contributed by atoms with Crippen LogP contribution in [0.25, 0.3) is 0 Å². The molecule has 3 unspecified atom stereocenters. The standard InChI is InChI=1S/C24H48N4O3/c1-9-14-23(6,7)20(29)18(13-12-16-26-22(25)31)27-21(30)19(17(4)5)28-24(8,11-3)15-10-2/h17-19,28H,9-16H2,1-8H3,(H,27,30)(H3,25,26,31). The van der Waals surface area contributed by atoms with Crippen molar-refractivity contribution in [2.75, 3.05) is 6.54 Å². The fourth-order valence-corrected chi connectivity index (χ4v) is 4.08. The fraction of sp³-hybridized carbons (Fsp3) is 0.875. The molecule has 0 aliphatic rings. The van der Waals surface area contributed by atoms with Crippen molar-refractivity contribution in [2.45, 2.75) is 118 Å². The summed E-state index contributed by atoms with van der Waals surface area (Å²) >= 11 is 0. The Morgan fingerprint density at radius 2 is 1.55 bits per heavy atom. The van der Waals surface area contributed by atoms with Crippen molar-refractivity contribution in [3.8, 4) is 0 Å². The Morgan fingerprint density at radius 3 is 2.00 bits per heavy atom. The predicted octanol–water partition coefficient (Wildman–Crippen LogP) is 3.90. The van der Waals surface area contributed by atoms with Crippen LogP contribution in [0.15, 0.2) is 0 Å². The number of hydrogen-bond acceptors (Lipinski definition) is 4. The molecule has 182 valence electrons. The lowest BCUT2D eigenvalue weighted by molar-refractivity contribution is -0.134. The van der Waals surface area contributed by atoms with Crippen LogP contribution in [0.3, 0.4) is 0 Å². The zero-order chi connectivity index (χ0) is 24.2. The molecule has 7 nitrogen and oxygen atoms in total. The van der Waals surface area contributed by atoms with E-state index in [0.717, 1.165) is 32.1 Å². The zero-order valence-corrected chi connectivity index (χ0v) is 21.2. The van der Waals surface area contributed by atoms with Crippen LogP contribution in [-0.4, -0.2) is 41.9 Å². The number of ketones is 1. The van der Waals surface area contributed by atoms with Crippen LogP contribution < -0.4 is 21.7 Å². The van der Waals surface area contributed by atoms with Gasteiger partial charge in [-0.2, -0.15) is 0 Å². The van der Waals surface area contributed by atoms with Gasteiger partial charge in [0.05, 0.1) is 12.1 Å². The van der Waals surface area contributed by atoms with Crippen LogP contribution in [0.5, 0.6) is 0 Å². The van der Waals surface area contributed by atoms with E-state index in [1.165, 1.54) is 0 Å². The van der Waals surface area contributed by atoms with Crippen molar-refractivity contribution in [2.24, 2.45) is 17.1 Å². The summed E-state index contributed by atoms with van der Waals surface area (Å²) in [6, 6.07) is -1.56. The fourth-order valence-electron chi connectivity index (χ4n) is 4.08. The number of urea groups is 1. The van der Waals surface area contributed by atoms with Gasteiger partial charge in [0, 0.05) is 17.5 Å². The average Bonchev–Trinajstić information content (AvgIpc) is 2.67. The summed E-state index contributed by atoms with van der Waals surface area (Å²) < 4.78 is 0. The molecule has 0 rings (SSSR count). The molecule has 0 saturated carbocycles. The molecule has 0 aromatic heterocycles. The number of primary amides is 1. The molecule has 3 amide bonds. The van der Waals surface area contributed by atoms with Crippen LogP contribution in [0.2, 0.25) is 0 Å². The first-order chi connectivity index (χ1) is 14.3. The molecule has 0 fully saturated rings. The van der Waals surface area contributed by atoms with Crippen LogP contribution in [-0.2, 0) is 9.59 Å². The summed E-state index contributed by atoms with van der Waals surface area (Å²) in [6.07, 6.45) is 5.60. The summed E-state index contributed by atoms with van der Waals surface area (Å²) in [5.41, 5.74) is 4.48. The number of nitrogens with one attached hydrogen (secondary N) is 3. The Hall–Kier alpha value is -1.63. The number of carbonyl (C=O) groups excluding carboxylic acids is 3. The first-order valence-electron chi connectivity index (χ1n) is 12.0. The zero-order valence-electron chi connectivity index (χ0n) is 21.2. The predicted molar refractivity (Wildman–Crippen MR) is 128 cm³/mol. The molecule has 0 heterocycles. The number of rotatable bonds is 16. The highest BCUT2D eigenvalue weighted by atomic mass is 16.2. The monoisotopic (exact) mass is 440 g/mol. The summed E-state index contributed by atoms with van der Waals surface area (Å²) in [5, 5.41) is 9.17. The van der Waals surface area contributed by atoms with Gasteiger partial charge in [-0.05, 0) is 44.9 Å². The molecule has 31 heavy (non-hydrogen) atoms. The Kier molecular flexibility index (Phi) is 13.0. The summed E-state index contributed by atoms with van der Waals surface area (Å²) in [6.45, 7) is 16.8. The molecular formula is C24H48N4O3. The van der Waals surface area contributed by atoms with Gasteiger partial charge in [-0.1, -0.05) is 61.3 Å². The van der Waals surface area contributed by atoms with Gasteiger partial charge in [0.2, 0.25) is 5.91 Å². The maximum absolute atomic E-state index is 13.3. The van der Waals surface area contributed by atoms with Crippen LogP contribution in [0, 0.1) is 11.3 Å². The molecule has 0 radical (unpaired) electrons. The normalized spacial score (nSPS) is 15.8. The van der Waals surface area contributed by atoms with E-state index in [0.29, 0.717) is 19.4 Å². The third-order valence-electron chi connectivity index (χ3n) is 6.18. The van der Waals surface area contributed by atoms with Gasteiger partial charge in [0.15, 0.2) is 5.78 Å². The second kappa shape index (κ2) is 13.7. The van der Waals surface area contributed by atoms with Gasteiger partial charge in [0.25, 0.3) is 0 Å². The van der Waals surface area contributed by atoms with E-state index >= 15 is 0 Å². The Bertz CT molecular complexity index is 577. The minimum atomic E-state index is -0.592. The highest BCUT2D eigenvalue weighted by Crippen LogP contribution is 2.26. The van der Waals surface area contributed by atoms with Crippen molar-refractivity contribution in [1.29, 1.82) is 0 Å². The van der Waals surface area contributed by atoms with Gasteiger partial charge in [-0.25, -0.2) is 4.79 Å². The molecule has 0 aromatic rings. The summed E-state index contributed by atoms with van der Waals surface area (Å²) in [5.74, 6) is -0.0194. The Balaban J connectivity index is 5.51. The van der Waals surface area contributed by atoms with Gasteiger partial charge < -0.3 is 21.7 Å². The van der Waals surface area contributed by atoms with Gasteiger partial charge in [0.1, 0.15) is 0 Å². The van der Waals surface area contributed by atoms with Crippen LogP contribution in [0.1, 0.15) is 100 Å². The lowest BCUT2D eigenvalue weighted by Gasteiger charge is -2.37. The first-order valence-corrected chi connectivity index (χ1v) is 12.0. The van der Waals surface area contributed by atoms with Crippen molar-refractivity contribution in [3.05, 3.63) is 0 Å². The van der Waals surface area contributed by atoms with Gasteiger partial charge >= 0.3 is 6.03 Å². The number of carbonyl (C=O) groups is 3. The van der Waals surface area contributed by atoms with Crippen LogP contribution >= 0.6 is 0 Å². The minimum Gasteiger partial charge on any atom is -0.352 e.